The van der Waals surface area contributed by atoms with Crippen molar-refractivity contribution in [3.8, 4) is 5.82 Å². The summed E-state index contributed by atoms with van der Waals surface area (Å²) in [6, 6.07) is 1.54. The normalized spacial score (nSPS) is 10.6. The van der Waals surface area contributed by atoms with Crippen molar-refractivity contribution in [3.05, 3.63) is 35.0 Å². The molecule has 0 aliphatic rings. The van der Waals surface area contributed by atoms with Gasteiger partial charge in [0.15, 0.2) is 11.6 Å². The molecule has 20 heavy (non-hydrogen) atoms. The van der Waals surface area contributed by atoms with E-state index in [1.807, 2.05) is 0 Å². The average molecular weight is 297 g/mol. The fraction of sp³-hybridized carbons (Fsp3) is 0.333. The van der Waals surface area contributed by atoms with Crippen LogP contribution in [0.1, 0.15) is 23.1 Å². The Hall–Kier alpha value is -1.99. The molecule has 0 unspecified atom stereocenters. The second kappa shape index (κ2) is 6.44. The van der Waals surface area contributed by atoms with E-state index in [0.29, 0.717) is 23.8 Å². The van der Waals surface area contributed by atoms with Gasteiger partial charge < -0.3 is 9.47 Å². The smallest absolute Gasteiger partial charge is 0.341 e. The monoisotopic (exact) mass is 296 g/mol. The first-order chi connectivity index (χ1) is 9.63. The van der Waals surface area contributed by atoms with Gasteiger partial charge in [0.05, 0.1) is 18.4 Å². The van der Waals surface area contributed by atoms with Gasteiger partial charge in [-0.2, -0.15) is 5.10 Å². The van der Waals surface area contributed by atoms with Gasteiger partial charge >= 0.3 is 5.97 Å². The van der Waals surface area contributed by atoms with E-state index >= 15 is 0 Å². The van der Waals surface area contributed by atoms with Crippen molar-refractivity contribution in [2.45, 2.75) is 13.5 Å². The maximum Gasteiger partial charge on any atom is 0.341 e. The molecule has 0 spiro atoms. The summed E-state index contributed by atoms with van der Waals surface area (Å²) < 4.78 is 11.3. The predicted molar refractivity (Wildman–Crippen MR) is 70.8 cm³/mol. The van der Waals surface area contributed by atoms with Crippen LogP contribution < -0.4 is 0 Å². The molecule has 0 fully saturated rings. The molecule has 0 radical (unpaired) electrons. The van der Waals surface area contributed by atoms with Crippen LogP contribution in [0.5, 0.6) is 0 Å². The molecular weight excluding hydrogens is 284 g/mol. The SMILES string of the molecule is CCOC(=O)c1cnn(-c2cc(Cl)nc(COC)n2)c1. The summed E-state index contributed by atoms with van der Waals surface area (Å²) in [5.41, 5.74) is 0.342. The van der Waals surface area contributed by atoms with E-state index in [4.69, 9.17) is 21.1 Å². The van der Waals surface area contributed by atoms with E-state index in [9.17, 15) is 4.79 Å². The zero-order chi connectivity index (χ0) is 14.5. The zero-order valence-corrected chi connectivity index (χ0v) is 11.8. The van der Waals surface area contributed by atoms with Crippen molar-refractivity contribution in [3.63, 3.8) is 0 Å². The summed E-state index contributed by atoms with van der Waals surface area (Å²) in [4.78, 5) is 19.8. The summed E-state index contributed by atoms with van der Waals surface area (Å²) >= 11 is 5.92. The molecule has 0 aliphatic heterocycles. The number of halogens is 1. The summed E-state index contributed by atoms with van der Waals surface area (Å²) in [5, 5.41) is 4.33. The van der Waals surface area contributed by atoms with Crippen molar-refractivity contribution in [1.82, 2.24) is 19.7 Å². The van der Waals surface area contributed by atoms with Crippen LogP contribution in [0.15, 0.2) is 18.5 Å². The lowest BCUT2D eigenvalue weighted by atomic mass is 10.4. The van der Waals surface area contributed by atoms with Crippen LogP contribution in [0, 0.1) is 0 Å². The Labute approximate surface area is 120 Å². The van der Waals surface area contributed by atoms with Gasteiger partial charge in [-0.1, -0.05) is 11.6 Å². The van der Waals surface area contributed by atoms with Gasteiger partial charge in [-0.25, -0.2) is 19.4 Å². The first kappa shape index (κ1) is 14.4. The summed E-state index contributed by atoms with van der Waals surface area (Å²) in [6.45, 7) is 2.28. The van der Waals surface area contributed by atoms with Crippen molar-refractivity contribution < 1.29 is 14.3 Å². The van der Waals surface area contributed by atoms with Crippen LogP contribution in [-0.2, 0) is 16.1 Å². The molecule has 0 bridgehead atoms. The minimum atomic E-state index is -0.434. The number of rotatable bonds is 5. The van der Waals surface area contributed by atoms with Gasteiger partial charge in [-0.05, 0) is 6.92 Å². The van der Waals surface area contributed by atoms with Crippen LogP contribution in [0.25, 0.3) is 5.82 Å². The molecular formula is C12H13ClN4O3. The van der Waals surface area contributed by atoms with Crippen molar-refractivity contribution in [1.29, 1.82) is 0 Å². The van der Waals surface area contributed by atoms with E-state index in [-0.39, 0.29) is 11.8 Å². The van der Waals surface area contributed by atoms with E-state index in [0.717, 1.165) is 0 Å². The third-order valence-electron chi connectivity index (χ3n) is 2.33. The van der Waals surface area contributed by atoms with Crippen molar-refractivity contribution >= 4 is 17.6 Å². The summed E-state index contributed by atoms with van der Waals surface area (Å²) in [6.07, 6.45) is 2.93. The Balaban J connectivity index is 2.29. The number of carbonyl (C=O) groups excluding carboxylic acids is 1. The van der Waals surface area contributed by atoms with Crippen LogP contribution in [0.4, 0.5) is 0 Å². The van der Waals surface area contributed by atoms with Gasteiger partial charge in [0.25, 0.3) is 0 Å². The lowest BCUT2D eigenvalue weighted by Gasteiger charge is -2.04. The molecule has 2 rings (SSSR count). The lowest BCUT2D eigenvalue weighted by Crippen LogP contribution is -2.05. The second-order valence-electron chi connectivity index (χ2n) is 3.79. The number of methoxy groups -OCH3 is 1. The Morgan fingerprint density at radius 3 is 2.95 bits per heavy atom. The first-order valence-corrected chi connectivity index (χ1v) is 6.26. The number of ether oxygens (including phenoxy) is 2. The number of esters is 1. The Bertz CT molecular complexity index is 614. The highest BCUT2D eigenvalue weighted by Gasteiger charge is 2.12. The minimum absolute atomic E-state index is 0.236. The predicted octanol–water partition coefficient (Wildman–Crippen LogP) is 1.64. The molecule has 0 saturated heterocycles. The summed E-state index contributed by atoms with van der Waals surface area (Å²) in [7, 11) is 1.54. The third kappa shape index (κ3) is 3.31. The highest BCUT2D eigenvalue weighted by molar-refractivity contribution is 6.29. The van der Waals surface area contributed by atoms with Gasteiger partial charge in [0, 0.05) is 19.4 Å². The van der Waals surface area contributed by atoms with Gasteiger partial charge in [-0.15, -0.1) is 0 Å². The van der Waals surface area contributed by atoms with E-state index in [2.05, 4.69) is 15.1 Å². The quantitative estimate of drug-likeness (QED) is 0.616. The number of aromatic nitrogens is 4. The number of hydrogen-bond donors (Lipinski definition) is 0. The van der Waals surface area contributed by atoms with Gasteiger partial charge in [0.2, 0.25) is 0 Å². The van der Waals surface area contributed by atoms with Crippen molar-refractivity contribution in [2.75, 3.05) is 13.7 Å². The van der Waals surface area contributed by atoms with Crippen LogP contribution >= 0.6 is 11.6 Å². The standard InChI is InChI=1S/C12H13ClN4O3/c1-3-20-12(18)8-5-14-17(6-8)11-4-9(13)15-10(16-11)7-19-2/h4-6H,3,7H2,1-2H3. The van der Waals surface area contributed by atoms with Crippen LogP contribution in [0.2, 0.25) is 5.15 Å². The van der Waals surface area contributed by atoms with E-state index in [1.54, 1.807) is 13.0 Å². The topological polar surface area (TPSA) is 79.1 Å². The highest BCUT2D eigenvalue weighted by atomic mass is 35.5. The molecule has 0 aliphatic carbocycles. The van der Waals surface area contributed by atoms with Gasteiger partial charge in [0.1, 0.15) is 11.8 Å². The fourth-order valence-corrected chi connectivity index (χ4v) is 1.73. The molecule has 0 aromatic carbocycles. The Morgan fingerprint density at radius 2 is 2.25 bits per heavy atom. The molecule has 2 aromatic heterocycles. The largest absolute Gasteiger partial charge is 0.462 e. The molecule has 0 atom stereocenters. The maximum atomic E-state index is 11.6. The van der Waals surface area contributed by atoms with Crippen LogP contribution in [0.3, 0.4) is 0 Å². The minimum Gasteiger partial charge on any atom is -0.462 e. The molecule has 8 heteroatoms. The molecule has 0 N–H and O–H groups in total. The Kier molecular flexibility index (Phi) is 4.65. The molecule has 0 saturated carbocycles. The number of carbonyl (C=O) groups is 1. The third-order valence-corrected chi connectivity index (χ3v) is 2.52. The molecule has 7 nitrogen and oxygen atoms in total. The summed E-state index contributed by atoms with van der Waals surface area (Å²) in [5.74, 6) is 0.451. The molecule has 0 amide bonds. The average Bonchev–Trinajstić information content (AvgIpc) is 2.88. The second-order valence-corrected chi connectivity index (χ2v) is 4.18. The van der Waals surface area contributed by atoms with Gasteiger partial charge in [-0.3, -0.25) is 0 Å². The molecule has 2 aromatic rings. The van der Waals surface area contributed by atoms with E-state index in [1.165, 1.54) is 24.2 Å². The fourth-order valence-electron chi connectivity index (χ4n) is 1.53. The molecule has 2 heterocycles. The van der Waals surface area contributed by atoms with Crippen LogP contribution in [-0.4, -0.2) is 39.4 Å². The molecule has 106 valence electrons. The zero-order valence-electron chi connectivity index (χ0n) is 11.0. The van der Waals surface area contributed by atoms with E-state index < -0.39 is 5.97 Å². The highest BCUT2D eigenvalue weighted by Crippen LogP contribution is 2.12. The number of nitrogens with zero attached hydrogens (tertiary/aromatic N) is 4. The maximum absolute atomic E-state index is 11.6. The Morgan fingerprint density at radius 1 is 1.45 bits per heavy atom. The first-order valence-electron chi connectivity index (χ1n) is 5.88. The number of hydrogen-bond acceptors (Lipinski definition) is 6. The van der Waals surface area contributed by atoms with Crippen molar-refractivity contribution in [2.24, 2.45) is 0 Å². The lowest BCUT2D eigenvalue weighted by molar-refractivity contribution is 0.0526.